The number of nitrogens with zero attached hydrogens (tertiary/aromatic N) is 2. The van der Waals surface area contributed by atoms with Crippen LogP contribution in [0.15, 0.2) is 48.5 Å². The maximum absolute atomic E-state index is 13.0. The van der Waals surface area contributed by atoms with Gasteiger partial charge in [-0.2, -0.15) is 0 Å². The molecule has 2 aliphatic heterocycles. The summed E-state index contributed by atoms with van der Waals surface area (Å²) in [4.78, 5) is 16.8. The Morgan fingerprint density at radius 1 is 1.04 bits per heavy atom. The van der Waals surface area contributed by atoms with E-state index >= 15 is 0 Å². The highest BCUT2D eigenvalue weighted by atomic mass is 19.1. The predicted octanol–water partition coefficient (Wildman–Crippen LogP) is 3.04. The molecule has 1 atom stereocenters. The Balaban J connectivity index is 1.33. The van der Waals surface area contributed by atoms with E-state index in [2.05, 4.69) is 4.90 Å². The number of hydrogen-bond donors (Lipinski definition) is 0. The zero-order chi connectivity index (χ0) is 17.2. The fraction of sp³-hybridized carbons (Fsp3) is 0.350. The largest absolute Gasteiger partial charge is 0.493 e. The standard InChI is InChI=1S/C20H21FN2O2/c21-16-5-7-17(8-6-16)22-9-11-23(12-10-22)20(24)13-15-14-25-19-4-2-1-3-18(15)19/h1-8,15H,9-14H2. The van der Waals surface area contributed by atoms with Crippen molar-refractivity contribution < 1.29 is 13.9 Å². The zero-order valence-corrected chi connectivity index (χ0v) is 14.0. The molecule has 4 nitrogen and oxygen atoms in total. The van der Waals surface area contributed by atoms with E-state index in [9.17, 15) is 9.18 Å². The van der Waals surface area contributed by atoms with Crippen molar-refractivity contribution in [1.82, 2.24) is 4.90 Å². The van der Waals surface area contributed by atoms with E-state index in [0.29, 0.717) is 26.1 Å². The van der Waals surface area contributed by atoms with Crippen LogP contribution in [0.4, 0.5) is 10.1 Å². The molecule has 0 saturated carbocycles. The van der Waals surface area contributed by atoms with Crippen molar-refractivity contribution in [3.8, 4) is 5.75 Å². The van der Waals surface area contributed by atoms with Gasteiger partial charge >= 0.3 is 0 Å². The van der Waals surface area contributed by atoms with Crippen LogP contribution in [-0.2, 0) is 4.79 Å². The third kappa shape index (κ3) is 3.31. The van der Waals surface area contributed by atoms with Gasteiger partial charge < -0.3 is 14.5 Å². The smallest absolute Gasteiger partial charge is 0.223 e. The second kappa shape index (κ2) is 6.75. The van der Waals surface area contributed by atoms with Crippen molar-refractivity contribution in [3.05, 3.63) is 59.9 Å². The highest BCUT2D eigenvalue weighted by Crippen LogP contribution is 2.35. The monoisotopic (exact) mass is 340 g/mol. The van der Waals surface area contributed by atoms with E-state index in [1.54, 1.807) is 12.1 Å². The minimum atomic E-state index is -0.225. The van der Waals surface area contributed by atoms with E-state index in [-0.39, 0.29) is 17.6 Å². The Bertz CT molecular complexity index is 755. The molecule has 130 valence electrons. The summed E-state index contributed by atoms with van der Waals surface area (Å²) < 4.78 is 18.7. The fourth-order valence-corrected chi connectivity index (χ4v) is 3.60. The highest BCUT2D eigenvalue weighted by Gasteiger charge is 2.29. The topological polar surface area (TPSA) is 32.8 Å². The van der Waals surface area contributed by atoms with Crippen LogP contribution in [0, 0.1) is 5.82 Å². The molecule has 4 rings (SSSR count). The summed E-state index contributed by atoms with van der Waals surface area (Å²) in [7, 11) is 0. The number of halogens is 1. The van der Waals surface area contributed by atoms with Crippen LogP contribution in [0.1, 0.15) is 17.9 Å². The van der Waals surface area contributed by atoms with Gasteiger partial charge in [0.15, 0.2) is 0 Å². The van der Waals surface area contributed by atoms with E-state index < -0.39 is 0 Å². The first-order valence-corrected chi connectivity index (χ1v) is 8.71. The minimum Gasteiger partial charge on any atom is -0.493 e. The van der Waals surface area contributed by atoms with E-state index in [0.717, 1.165) is 30.1 Å². The molecule has 25 heavy (non-hydrogen) atoms. The molecule has 2 heterocycles. The van der Waals surface area contributed by atoms with Gasteiger partial charge in [-0.15, -0.1) is 0 Å². The number of benzene rings is 2. The van der Waals surface area contributed by atoms with Gasteiger partial charge in [-0.3, -0.25) is 4.79 Å². The van der Waals surface area contributed by atoms with Crippen molar-refractivity contribution >= 4 is 11.6 Å². The number of piperazine rings is 1. The summed E-state index contributed by atoms with van der Waals surface area (Å²) >= 11 is 0. The van der Waals surface area contributed by atoms with Crippen LogP contribution in [-0.4, -0.2) is 43.6 Å². The summed E-state index contributed by atoms with van der Waals surface area (Å²) in [5, 5.41) is 0. The Hall–Kier alpha value is -2.56. The molecule has 2 aromatic rings. The maximum Gasteiger partial charge on any atom is 0.223 e. The van der Waals surface area contributed by atoms with Crippen LogP contribution >= 0.6 is 0 Å². The number of carbonyl (C=O) groups excluding carboxylic acids is 1. The second-order valence-corrected chi connectivity index (χ2v) is 6.59. The van der Waals surface area contributed by atoms with E-state index in [1.807, 2.05) is 29.2 Å². The molecular weight excluding hydrogens is 319 g/mol. The first kappa shape index (κ1) is 15.9. The zero-order valence-electron chi connectivity index (χ0n) is 14.0. The van der Waals surface area contributed by atoms with Crippen LogP contribution in [0.5, 0.6) is 5.75 Å². The number of fused-ring (bicyclic) bond motifs is 1. The number of rotatable bonds is 3. The van der Waals surface area contributed by atoms with Gasteiger partial charge in [-0.05, 0) is 30.3 Å². The average molecular weight is 340 g/mol. The molecule has 0 radical (unpaired) electrons. The number of ether oxygens (including phenoxy) is 1. The van der Waals surface area contributed by atoms with Gasteiger partial charge in [-0.25, -0.2) is 4.39 Å². The fourth-order valence-electron chi connectivity index (χ4n) is 3.60. The SMILES string of the molecule is O=C(CC1COc2ccccc21)N1CCN(c2ccc(F)cc2)CC1. The van der Waals surface area contributed by atoms with Crippen molar-refractivity contribution in [2.45, 2.75) is 12.3 Å². The molecule has 1 saturated heterocycles. The molecule has 0 aromatic heterocycles. The summed E-state index contributed by atoms with van der Waals surface area (Å²) in [6, 6.07) is 14.5. The van der Waals surface area contributed by atoms with Gasteiger partial charge in [0.05, 0.1) is 6.61 Å². The first-order chi connectivity index (χ1) is 12.2. The number of amides is 1. The summed E-state index contributed by atoms with van der Waals surface area (Å²) in [6.45, 7) is 3.53. The minimum absolute atomic E-state index is 0.152. The van der Waals surface area contributed by atoms with Crippen molar-refractivity contribution in [2.75, 3.05) is 37.7 Å². The van der Waals surface area contributed by atoms with Crippen LogP contribution in [0.3, 0.4) is 0 Å². The summed E-state index contributed by atoms with van der Waals surface area (Å²) in [5.74, 6) is 1.01. The van der Waals surface area contributed by atoms with Gasteiger partial charge in [-0.1, -0.05) is 18.2 Å². The van der Waals surface area contributed by atoms with Gasteiger partial charge in [0.2, 0.25) is 5.91 Å². The lowest BCUT2D eigenvalue weighted by atomic mass is 9.97. The summed E-state index contributed by atoms with van der Waals surface area (Å²) in [5.41, 5.74) is 2.15. The van der Waals surface area contributed by atoms with Crippen LogP contribution in [0.2, 0.25) is 0 Å². The first-order valence-electron chi connectivity index (χ1n) is 8.71. The van der Waals surface area contributed by atoms with E-state index in [4.69, 9.17) is 4.74 Å². The number of anilines is 1. The van der Waals surface area contributed by atoms with Crippen molar-refractivity contribution in [2.24, 2.45) is 0 Å². The van der Waals surface area contributed by atoms with Crippen molar-refractivity contribution in [1.29, 1.82) is 0 Å². The molecular formula is C20H21FN2O2. The molecule has 1 amide bonds. The molecule has 0 bridgehead atoms. The highest BCUT2D eigenvalue weighted by molar-refractivity contribution is 5.78. The Kier molecular flexibility index (Phi) is 4.30. The van der Waals surface area contributed by atoms with Crippen LogP contribution in [0.25, 0.3) is 0 Å². The Morgan fingerprint density at radius 2 is 1.76 bits per heavy atom. The lowest BCUT2D eigenvalue weighted by Gasteiger charge is -2.36. The molecule has 2 aliphatic rings. The molecule has 0 N–H and O–H groups in total. The third-order valence-electron chi connectivity index (χ3n) is 5.04. The lowest BCUT2D eigenvalue weighted by molar-refractivity contribution is -0.132. The lowest BCUT2D eigenvalue weighted by Crippen LogP contribution is -2.49. The quantitative estimate of drug-likeness (QED) is 0.861. The number of para-hydroxylation sites is 1. The molecule has 5 heteroatoms. The van der Waals surface area contributed by atoms with Gasteiger partial charge in [0, 0.05) is 49.8 Å². The number of carbonyl (C=O) groups is 1. The number of hydrogen-bond acceptors (Lipinski definition) is 3. The summed E-state index contributed by atoms with van der Waals surface area (Å²) in [6.07, 6.45) is 0.494. The third-order valence-corrected chi connectivity index (χ3v) is 5.04. The molecule has 1 unspecified atom stereocenters. The predicted molar refractivity (Wildman–Crippen MR) is 94.5 cm³/mol. The van der Waals surface area contributed by atoms with Gasteiger partial charge in [0.25, 0.3) is 0 Å². The molecule has 0 aliphatic carbocycles. The van der Waals surface area contributed by atoms with Crippen LogP contribution < -0.4 is 9.64 Å². The normalized spacial score (nSPS) is 19.5. The van der Waals surface area contributed by atoms with Crippen molar-refractivity contribution in [3.63, 3.8) is 0 Å². The Morgan fingerprint density at radius 3 is 2.52 bits per heavy atom. The van der Waals surface area contributed by atoms with Gasteiger partial charge in [0.1, 0.15) is 11.6 Å². The van der Waals surface area contributed by atoms with E-state index in [1.165, 1.54) is 12.1 Å². The molecule has 1 fully saturated rings. The average Bonchev–Trinajstić information content (AvgIpc) is 3.06. The maximum atomic E-state index is 13.0. The molecule has 2 aromatic carbocycles. The molecule has 0 spiro atoms. The Labute approximate surface area is 146 Å². The second-order valence-electron chi connectivity index (χ2n) is 6.59.